The summed E-state index contributed by atoms with van der Waals surface area (Å²) in [5.41, 5.74) is 7.08. The summed E-state index contributed by atoms with van der Waals surface area (Å²) >= 11 is 0. The van der Waals surface area contributed by atoms with Crippen molar-refractivity contribution in [3.05, 3.63) is 65.5 Å². The van der Waals surface area contributed by atoms with Crippen molar-refractivity contribution in [1.29, 1.82) is 0 Å². The van der Waals surface area contributed by atoms with E-state index in [1.165, 1.54) is 7.11 Å². The Morgan fingerprint density at radius 2 is 1.91 bits per heavy atom. The number of aliphatic hydroxyl groups is 1. The molecule has 0 aliphatic carbocycles. The first-order valence-electron chi connectivity index (χ1n) is 16.0. The monoisotopic (exact) mass is 666 g/mol. The van der Waals surface area contributed by atoms with Gasteiger partial charge in [0.1, 0.15) is 0 Å². The third-order valence-corrected chi connectivity index (χ3v) is 11.7. The number of benzene rings is 2. The molecule has 3 heterocycles. The number of ether oxygens (including phenoxy) is 2. The number of nitrogens with one attached hydrogen (secondary N) is 1. The molecule has 2 aromatic carbocycles. The average Bonchev–Trinajstić information content (AvgIpc) is 3.68. The van der Waals surface area contributed by atoms with E-state index in [1.807, 2.05) is 6.92 Å². The van der Waals surface area contributed by atoms with Gasteiger partial charge in [0.05, 0.1) is 24.6 Å². The molecule has 14 heteroatoms. The Kier molecular flexibility index (Phi) is 10.1. The van der Waals surface area contributed by atoms with Crippen molar-refractivity contribution in [1.82, 2.24) is 15.0 Å². The number of esters is 1. The summed E-state index contributed by atoms with van der Waals surface area (Å²) in [5.74, 6) is -1.46. The number of fused-ring (bicyclic) bond motifs is 2. The molecule has 0 radical (unpaired) electrons. The minimum Gasteiger partial charge on any atom is -0.469 e. The lowest BCUT2D eigenvalue weighted by Gasteiger charge is -2.31. The van der Waals surface area contributed by atoms with Crippen molar-refractivity contribution in [3.8, 4) is 0 Å². The van der Waals surface area contributed by atoms with E-state index >= 15 is 4.11 Å². The van der Waals surface area contributed by atoms with Crippen molar-refractivity contribution in [2.24, 2.45) is 5.92 Å². The summed E-state index contributed by atoms with van der Waals surface area (Å²) in [6.45, 7) is 5.85. The van der Waals surface area contributed by atoms with Crippen LogP contribution in [-0.2, 0) is 37.6 Å². The van der Waals surface area contributed by atoms with Crippen LogP contribution in [0.2, 0.25) is 18.6 Å². The predicted octanol–water partition coefficient (Wildman–Crippen LogP) is 4.20. The molecule has 2 amide bonds. The first kappa shape index (κ1) is 34.2. The molecule has 1 spiro atoms. The third-order valence-electron chi connectivity index (χ3n) is 9.23. The van der Waals surface area contributed by atoms with Crippen molar-refractivity contribution in [2.75, 3.05) is 36.2 Å². The fourth-order valence-electron chi connectivity index (χ4n) is 7.03. The molecule has 1 aromatic heterocycles. The Morgan fingerprint density at radius 3 is 2.60 bits per heavy atom. The number of carbonyl (C=O) groups excluding carboxylic acids is 3. The highest BCUT2D eigenvalue weighted by atomic mass is 28.4. The number of nitrogens with zero attached hydrogens (tertiary/aromatic N) is 4. The van der Waals surface area contributed by atoms with Gasteiger partial charge in [0, 0.05) is 72.7 Å². The van der Waals surface area contributed by atoms with Crippen LogP contribution in [0.1, 0.15) is 54.2 Å². The molecule has 12 nitrogen and oxygen atoms in total. The number of aliphatic hydroxyl groups excluding tert-OH is 1. The van der Waals surface area contributed by atoms with Crippen molar-refractivity contribution in [2.45, 2.75) is 75.9 Å². The number of unbranched alkanes of at least 4 members (excludes halogenated alkanes) is 1. The molecular weight excluding hydrogens is 623 g/mol. The second kappa shape index (κ2) is 13.9. The lowest BCUT2D eigenvalue weighted by atomic mass is 9.82. The number of rotatable bonds is 13. The van der Waals surface area contributed by atoms with Gasteiger partial charge in [0.25, 0.3) is 11.8 Å². The van der Waals surface area contributed by atoms with Crippen LogP contribution in [0.3, 0.4) is 0 Å². The highest BCUT2D eigenvalue weighted by Crippen LogP contribution is 2.60. The summed E-state index contributed by atoms with van der Waals surface area (Å²) in [7, 11) is -2.06. The van der Waals surface area contributed by atoms with Crippen molar-refractivity contribution in [3.63, 3.8) is 0 Å². The molecule has 4 atom stereocenters. The number of nitrogens with two attached hydrogens (primary N) is 1. The smallest absolute Gasteiger partial charge is 0.305 e. The number of amides is 2. The second-order valence-electron chi connectivity index (χ2n) is 12.8. The maximum atomic E-state index is 16.2. The standard InChI is InChI=1S/C33H43FN6O6Si/c1-21-30(47(3,4)34)28(14-17-39-20-25(15-18-41)37-38-39)46-33(21)26-19-24(36-31(43)22-8-10-23(35)11-9-22)12-13-27(26)40(32(33)44)16-6-5-7-29(42)45-2/h8-13,19-21,28,30,41H,5-7,14-18,35H2,1-4H3,(H,36,43)/t21-,28+,30-,33+/m0/s1. The van der Waals surface area contributed by atoms with Crippen molar-refractivity contribution < 1.29 is 33.1 Å². The zero-order valence-corrected chi connectivity index (χ0v) is 28.2. The van der Waals surface area contributed by atoms with Crippen LogP contribution in [-0.4, -0.2) is 72.7 Å². The van der Waals surface area contributed by atoms with Gasteiger partial charge >= 0.3 is 5.97 Å². The molecule has 3 aromatic rings. The third kappa shape index (κ3) is 6.94. The molecule has 47 heavy (non-hydrogen) atoms. The molecule has 4 N–H and O–H groups in total. The van der Waals surface area contributed by atoms with Crippen LogP contribution in [0.25, 0.3) is 0 Å². The molecular formula is C33H43FN6O6Si. The summed E-state index contributed by atoms with van der Waals surface area (Å²) in [6.07, 6.45) is 3.23. The van der Waals surface area contributed by atoms with E-state index in [0.29, 0.717) is 72.7 Å². The molecule has 5 rings (SSSR count). The Hall–Kier alpha value is -4.14. The topological polar surface area (TPSA) is 162 Å². The van der Waals surface area contributed by atoms with Crippen LogP contribution >= 0.6 is 0 Å². The van der Waals surface area contributed by atoms with Gasteiger partial charge < -0.3 is 34.6 Å². The molecule has 2 aliphatic heterocycles. The van der Waals surface area contributed by atoms with Crippen LogP contribution in [0.15, 0.2) is 48.7 Å². The lowest BCUT2D eigenvalue weighted by Crippen LogP contribution is -2.45. The number of methoxy groups -OCH3 is 1. The summed E-state index contributed by atoms with van der Waals surface area (Å²) < 4.78 is 29.5. The molecule has 0 unspecified atom stereocenters. The van der Waals surface area contributed by atoms with Gasteiger partial charge in [-0.25, -0.2) is 0 Å². The molecule has 0 bridgehead atoms. The van der Waals surface area contributed by atoms with Gasteiger partial charge in [-0.2, -0.15) is 0 Å². The minimum absolute atomic E-state index is 0.0443. The SMILES string of the molecule is COC(=O)CCCCN1C(=O)[C@]2(O[C@H](CCn3cc(CCO)nn3)[C@@H]([Si](C)(C)F)[C@@H]2C)c2cc(NC(=O)c3ccc(N)cc3)ccc21. The normalized spacial score (nSPS) is 22.1. The number of nitrogen functional groups attached to an aromatic ring is 1. The lowest BCUT2D eigenvalue weighted by molar-refractivity contribution is -0.146. The van der Waals surface area contributed by atoms with Crippen LogP contribution in [0.4, 0.5) is 21.2 Å². The molecule has 0 saturated carbocycles. The molecule has 1 fully saturated rings. The number of hydrogen-bond acceptors (Lipinski definition) is 9. The number of halogens is 1. The van der Waals surface area contributed by atoms with Gasteiger partial charge in [0.2, 0.25) is 8.41 Å². The number of aromatic nitrogens is 3. The minimum atomic E-state index is -3.40. The highest BCUT2D eigenvalue weighted by Gasteiger charge is 2.66. The summed E-state index contributed by atoms with van der Waals surface area (Å²) in [5, 5.41) is 20.4. The van der Waals surface area contributed by atoms with Crippen LogP contribution in [0, 0.1) is 5.92 Å². The van der Waals surface area contributed by atoms with Gasteiger partial charge in [-0.3, -0.25) is 19.1 Å². The van der Waals surface area contributed by atoms with E-state index in [1.54, 1.807) is 71.3 Å². The number of anilines is 3. The fourth-order valence-corrected chi connectivity index (χ4v) is 9.57. The largest absolute Gasteiger partial charge is 0.469 e. The summed E-state index contributed by atoms with van der Waals surface area (Å²) in [4.78, 5) is 41.1. The molecule has 2 aliphatic rings. The Bertz CT molecular complexity index is 1610. The Labute approximate surface area is 274 Å². The predicted molar refractivity (Wildman–Crippen MR) is 177 cm³/mol. The van der Waals surface area contributed by atoms with E-state index < -0.39 is 31.6 Å². The highest BCUT2D eigenvalue weighted by molar-refractivity contribution is 6.72. The Morgan fingerprint density at radius 1 is 1.17 bits per heavy atom. The summed E-state index contributed by atoms with van der Waals surface area (Å²) in [6, 6.07) is 11.8. The van der Waals surface area contributed by atoms with Gasteiger partial charge in [0.15, 0.2) is 5.60 Å². The first-order valence-corrected chi connectivity index (χ1v) is 18.9. The maximum absolute atomic E-state index is 16.2. The quantitative estimate of drug-likeness (QED) is 0.0798. The van der Waals surface area contributed by atoms with Gasteiger partial charge in [-0.15, -0.1) is 5.10 Å². The zero-order valence-electron chi connectivity index (χ0n) is 27.2. The van der Waals surface area contributed by atoms with E-state index in [2.05, 4.69) is 15.6 Å². The fraction of sp³-hybridized carbons (Fsp3) is 0.485. The number of aryl methyl sites for hydroxylation is 1. The number of hydrogen-bond donors (Lipinski definition) is 3. The van der Waals surface area contributed by atoms with Crippen LogP contribution < -0.4 is 16.0 Å². The van der Waals surface area contributed by atoms with E-state index in [9.17, 15) is 19.5 Å². The molecule has 1 saturated heterocycles. The first-order chi connectivity index (χ1) is 22.4. The van der Waals surface area contributed by atoms with Gasteiger partial charge in [-0.05, 0) is 74.8 Å². The van der Waals surface area contributed by atoms with E-state index in [-0.39, 0.29) is 30.8 Å². The Balaban J connectivity index is 1.48. The van der Waals surface area contributed by atoms with Crippen LogP contribution in [0.5, 0.6) is 0 Å². The maximum Gasteiger partial charge on any atom is 0.305 e. The second-order valence-corrected chi connectivity index (χ2v) is 16.6. The zero-order chi connectivity index (χ0) is 33.9. The van der Waals surface area contributed by atoms with E-state index in [0.717, 1.165) is 0 Å². The van der Waals surface area contributed by atoms with Gasteiger partial charge in [-0.1, -0.05) is 12.1 Å². The average molecular weight is 667 g/mol. The number of carbonyl (C=O) groups is 3. The molecule has 252 valence electrons. The van der Waals surface area contributed by atoms with E-state index in [4.69, 9.17) is 15.2 Å². The van der Waals surface area contributed by atoms with Crippen molar-refractivity contribution >= 4 is 43.3 Å².